The largest absolute Gasteiger partial charge is 0.491 e. The maximum absolute atomic E-state index is 9.88. The summed E-state index contributed by atoms with van der Waals surface area (Å²) in [5.74, 6) is 1.59. The number of hydrogen-bond donors (Lipinski definition) is 2. The first-order chi connectivity index (χ1) is 9.65. The van der Waals surface area contributed by atoms with Crippen molar-refractivity contribution in [1.29, 1.82) is 0 Å². The Morgan fingerprint density at radius 2 is 2.05 bits per heavy atom. The average molecular weight is 340 g/mol. The maximum atomic E-state index is 9.88. The van der Waals surface area contributed by atoms with Gasteiger partial charge in [0.25, 0.3) is 0 Å². The molecule has 1 aromatic carbocycles. The molecular weight excluding hydrogens is 322 g/mol. The van der Waals surface area contributed by atoms with Crippen LogP contribution in [0.3, 0.4) is 0 Å². The Bertz CT molecular complexity index is 498. The van der Waals surface area contributed by atoms with Gasteiger partial charge in [0.2, 0.25) is 0 Å². The predicted octanol–water partition coefficient (Wildman–Crippen LogP) is 3.13. The molecule has 1 unspecified atom stereocenters. The molecule has 108 valence electrons. The van der Waals surface area contributed by atoms with Crippen molar-refractivity contribution < 1.29 is 14.3 Å². The molecule has 0 radical (unpaired) electrons. The van der Waals surface area contributed by atoms with Gasteiger partial charge in [0.05, 0.1) is 12.3 Å². The Morgan fingerprint density at radius 1 is 1.30 bits per heavy atom. The lowest BCUT2D eigenvalue weighted by atomic mass is 10.2. The third-order valence-electron chi connectivity index (χ3n) is 2.89. The molecule has 0 fully saturated rings. The van der Waals surface area contributed by atoms with Gasteiger partial charge in [-0.25, -0.2) is 0 Å². The molecule has 2 aromatic rings. The standard InChI is InChI=1S/C15H18BrNO3/c1-11(15-3-2-8-19-15)17-9-13(18)10-20-14-6-4-12(16)5-7-14/h2-8,11,13,17-18H,9-10H2,1H3/t11-,13?/m0/s1. The Kier molecular flexibility index (Phi) is 5.64. The molecule has 2 rings (SSSR count). The topological polar surface area (TPSA) is 54.6 Å². The highest BCUT2D eigenvalue weighted by Gasteiger charge is 2.11. The molecule has 0 bridgehead atoms. The second-order valence-corrected chi connectivity index (χ2v) is 5.48. The lowest BCUT2D eigenvalue weighted by Crippen LogP contribution is -2.32. The molecule has 20 heavy (non-hydrogen) atoms. The molecule has 1 aromatic heterocycles. The van der Waals surface area contributed by atoms with Crippen LogP contribution in [0.1, 0.15) is 18.7 Å². The third-order valence-corrected chi connectivity index (χ3v) is 3.41. The molecule has 2 atom stereocenters. The summed E-state index contributed by atoms with van der Waals surface area (Å²) >= 11 is 3.36. The second-order valence-electron chi connectivity index (χ2n) is 4.56. The van der Waals surface area contributed by atoms with Crippen LogP contribution >= 0.6 is 15.9 Å². The van der Waals surface area contributed by atoms with Gasteiger partial charge in [-0.05, 0) is 43.3 Å². The van der Waals surface area contributed by atoms with Crippen molar-refractivity contribution in [1.82, 2.24) is 5.32 Å². The Labute approximate surface area is 126 Å². The van der Waals surface area contributed by atoms with Crippen molar-refractivity contribution in [2.45, 2.75) is 19.1 Å². The highest BCUT2D eigenvalue weighted by Crippen LogP contribution is 2.16. The van der Waals surface area contributed by atoms with Crippen molar-refractivity contribution in [2.24, 2.45) is 0 Å². The van der Waals surface area contributed by atoms with Gasteiger partial charge in [0.1, 0.15) is 24.2 Å². The SMILES string of the molecule is C[C@H](NCC(O)COc1ccc(Br)cc1)c1ccco1. The number of nitrogens with one attached hydrogen (secondary N) is 1. The number of halogens is 1. The van der Waals surface area contributed by atoms with E-state index in [0.29, 0.717) is 6.54 Å². The summed E-state index contributed by atoms with van der Waals surface area (Å²) in [4.78, 5) is 0. The van der Waals surface area contributed by atoms with Crippen LogP contribution in [-0.2, 0) is 0 Å². The summed E-state index contributed by atoms with van der Waals surface area (Å²) < 4.78 is 11.8. The molecule has 0 spiro atoms. The number of ether oxygens (including phenoxy) is 1. The summed E-state index contributed by atoms with van der Waals surface area (Å²) in [5, 5.41) is 13.1. The molecule has 1 heterocycles. The van der Waals surface area contributed by atoms with Crippen LogP contribution in [0.5, 0.6) is 5.75 Å². The number of benzene rings is 1. The van der Waals surface area contributed by atoms with Crippen LogP contribution in [0.15, 0.2) is 51.6 Å². The summed E-state index contributed by atoms with van der Waals surface area (Å²) in [6.07, 6.45) is 1.07. The summed E-state index contributed by atoms with van der Waals surface area (Å²) in [6, 6.07) is 11.3. The van der Waals surface area contributed by atoms with E-state index in [4.69, 9.17) is 9.15 Å². The highest BCUT2D eigenvalue weighted by atomic mass is 79.9. The lowest BCUT2D eigenvalue weighted by molar-refractivity contribution is 0.103. The maximum Gasteiger partial charge on any atom is 0.120 e. The fourth-order valence-corrected chi connectivity index (χ4v) is 2.00. The molecule has 0 saturated carbocycles. The van der Waals surface area contributed by atoms with Crippen LogP contribution in [0.25, 0.3) is 0 Å². The van der Waals surface area contributed by atoms with Gasteiger partial charge in [0, 0.05) is 11.0 Å². The van der Waals surface area contributed by atoms with Gasteiger partial charge < -0.3 is 19.6 Å². The van der Waals surface area contributed by atoms with Crippen molar-refractivity contribution >= 4 is 15.9 Å². The fourth-order valence-electron chi connectivity index (χ4n) is 1.73. The van der Waals surface area contributed by atoms with Crippen LogP contribution in [0.2, 0.25) is 0 Å². The molecule has 0 aliphatic heterocycles. The van der Waals surface area contributed by atoms with Crippen molar-refractivity contribution in [3.8, 4) is 5.75 Å². The molecule has 0 aliphatic carbocycles. The normalized spacial score (nSPS) is 13.9. The highest BCUT2D eigenvalue weighted by molar-refractivity contribution is 9.10. The molecule has 0 aliphatic rings. The Hall–Kier alpha value is -1.30. The minimum absolute atomic E-state index is 0.0623. The van der Waals surface area contributed by atoms with E-state index in [1.807, 2.05) is 43.3 Å². The predicted molar refractivity (Wildman–Crippen MR) is 80.8 cm³/mol. The van der Waals surface area contributed by atoms with Gasteiger partial charge >= 0.3 is 0 Å². The van der Waals surface area contributed by atoms with E-state index >= 15 is 0 Å². The van der Waals surface area contributed by atoms with E-state index in [-0.39, 0.29) is 12.6 Å². The first-order valence-corrected chi connectivity index (χ1v) is 7.27. The Morgan fingerprint density at radius 3 is 2.70 bits per heavy atom. The van der Waals surface area contributed by atoms with Gasteiger partial charge in [-0.1, -0.05) is 15.9 Å². The zero-order valence-corrected chi connectivity index (χ0v) is 12.8. The molecule has 0 saturated heterocycles. The lowest BCUT2D eigenvalue weighted by Gasteiger charge is -2.16. The van der Waals surface area contributed by atoms with E-state index in [1.54, 1.807) is 6.26 Å². The molecule has 4 nitrogen and oxygen atoms in total. The first-order valence-electron chi connectivity index (χ1n) is 6.48. The number of hydrogen-bond acceptors (Lipinski definition) is 4. The van der Waals surface area contributed by atoms with Crippen LogP contribution in [0, 0.1) is 0 Å². The van der Waals surface area contributed by atoms with Gasteiger partial charge in [-0.2, -0.15) is 0 Å². The van der Waals surface area contributed by atoms with E-state index in [9.17, 15) is 5.11 Å². The molecule has 5 heteroatoms. The number of aliphatic hydroxyl groups is 1. The number of rotatable bonds is 7. The van der Waals surface area contributed by atoms with Crippen LogP contribution in [0.4, 0.5) is 0 Å². The van der Waals surface area contributed by atoms with Crippen LogP contribution < -0.4 is 10.1 Å². The van der Waals surface area contributed by atoms with E-state index in [0.717, 1.165) is 16.0 Å². The zero-order chi connectivity index (χ0) is 14.4. The third kappa shape index (κ3) is 4.67. The smallest absolute Gasteiger partial charge is 0.120 e. The van der Waals surface area contributed by atoms with E-state index in [2.05, 4.69) is 21.2 Å². The molecular formula is C15H18BrNO3. The first kappa shape index (κ1) is 15.1. The van der Waals surface area contributed by atoms with Gasteiger partial charge in [0.15, 0.2) is 0 Å². The number of furan rings is 1. The Balaban J connectivity index is 1.70. The number of aliphatic hydroxyl groups excluding tert-OH is 1. The van der Waals surface area contributed by atoms with Gasteiger partial charge in [-0.3, -0.25) is 0 Å². The van der Waals surface area contributed by atoms with Crippen molar-refractivity contribution in [3.63, 3.8) is 0 Å². The summed E-state index contributed by atoms with van der Waals surface area (Å²) in [7, 11) is 0. The minimum atomic E-state index is -0.573. The van der Waals surface area contributed by atoms with E-state index < -0.39 is 6.10 Å². The molecule has 2 N–H and O–H groups in total. The fraction of sp³-hybridized carbons (Fsp3) is 0.333. The van der Waals surface area contributed by atoms with Crippen molar-refractivity contribution in [3.05, 3.63) is 52.9 Å². The molecule has 0 amide bonds. The zero-order valence-electron chi connectivity index (χ0n) is 11.3. The average Bonchev–Trinajstić information content (AvgIpc) is 2.98. The van der Waals surface area contributed by atoms with E-state index in [1.165, 1.54) is 0 Å². The second kappa shape index (κ2) is 7.47. The minimum Gasteiger partial charge on any atom is -0.491 e. The summed E-state index contributed by atoms with van der Waals surface area (Å²) in [5.41, 5.74) is 0. The quantitative estimate of drug-likeness (QED) is 0.813. The van der Waals surface area contributed by atoms with Crippen LogP contribution in [-0.4, -0.2) is 24.4 Å². The van der Waals surface area contributed by atoms with Crippen molar-refractivity contribution in [2.75, 3.05) is 13.2 Å². The monoisotopic (exact) mass is 339 g/mol. The summed E-state index contributed by atoms with van der Waals surface area (Å²) in [6.45, 7) is 2.68. The van der Waals surface area contributed by atoms with Gasteiger partial charge in [-0.15, -0.1) is 0 Å².